The number of nitrogens with zero attached hydrogens (tertiary/aromatic N) is 3. The molecule has 0 saturated carbocycles. The molecule has 0 aliphatic rings. The number of aliphatic imine (C=N–C) groups is 1. The normalized spacial score (nSPS) is 12.9. The molecule has 0 heterocycles. The van der Waals surface area contributed by atoms with Crippen LogP contribution in [0.5, 0.6) is 0 Å². The molecule has 0 saturated heterocycles. The number of carbonyl (C=O) groups excluding carboxylic acids is 1. The van der Waals surface area contributed by atoms with Crippen LogP contribution in [-0.2, 0) is 0 Å². The van der Waals surface area contributed by atoms with Crippen LogP contribution in [0.3, 0.4) is 0 Å². The van der Waals surface area contributed by atoms with Gasteiger partial charge in [-0.1, -0.05) is 30.7 Å². The van der Waals surface area contributed by atoms with Crippen LogP contribution in [0, 0.1) is 0 Å². The van der Waals surface area contributed by atoms with Crippen LogP contribution in [-0.4, -0.2) is 42.9 Å². The Morgan fingerprint density at radius 1 is 1.03 bits per heavy atom. The van der Waals surface area contributed by atoms with E-state index in [2.05, 4.69) is 16.8 Å². The summed E-state index contributed by atoms with van der Waals surface area (Å²) in [5.74, 6) is -2.53. The van der Waals surface area contributed by atoms with E-state index in [0.29, 0.717) is 22.0 Å². The van der Waals surface area contributed by atoms with E-state index >= 15 is 0 Å². The Bertz CT molecular complexity index is 1090. The molecular formula is C23H23ClF6N4O. The number of alkyl halides is 6. The number of halogens is 7. The summed E-state index contributed by atoms with van der Waals surface area (Å²) >= 11 is 5.90. The van der Waals surface area contributed by atoms with Gasteiger partial charge >= 0.3 is 12.4 Å². The third-order valence-corrected chi connectivity index (χ3v) is 5.07. The first kappa shape index (κ1) is 28.2. The van der Waals surface area contributed by atoms with Crippen LogP contribution in [0.4, 0.5) is 32.0 Å². The molecule has 2 aromatic carbocycles. The molecule has 2 rings (SSSR count). The second kappa shape index (κ2) is 10.7. The molecule has 0 bridgehead atoms. The van der Waals surface area contributed by atoms with Gasteiger partial charge in [-0.25, -0.2) is 5.01 Å². The molecule has 0 aliphatic carbocycles. The lowest BCUT2D eigenvalue weighted by atomic mass is 9.99. The van der Waals surface area contributed by atoms with Crippen molar-refractivity contribution in [1.29, 1.82) is 0 Å². The van der Waals surface area contributed by atoms with Gasteiger partial charge in [-0.3, -0.25) is 9.79 Å². The predicted octanol–water partition coefficient (Wildman–Crippen LogP) is 6.87. The molecule has 0 radical (unpaired) electrons. The van der Waals surface area contributed by atoms with Crippen molar-refractivity contribution in [3.05, 3.63) is 53.1 Å². The van der Waals surface area contributed by atoms with Crippen LogP contribution in [0.1, 0.15) is 37.6 Å². The van der Waals surface area contributed by atoms with Crippen molar-refractivity contribution in [3.8, 4) is 11.1 Å². The maximum absolute atomic E-state index is 13.8. The standard InChI is InChI=1S/C23H23ClF6N4O/c1-5-10-32-20(22(25,26)27)34(31-4)18-12-15(14-6-8-17(24)9-7-14)11-16(13-18)19(35)33-21(2,3)23(28,29)30/h6-9,11-13H,4-5,10H2,1-3H3,(H,33,35). The average Bonchev–Trinajstić information content (AvgIpc) is 2.75. The Kier molecular flexibility index (Phi) is 8.59. The molecule has 0 spiro atoms. The van der Waals surface area contributed by atoms with Gasteiger partial charge in [0.25, 0.3) is 5.91 Å². The molecular weight excluding hydrogens is 498 g/mol. The summed E-state index contributed by atoms with van der Waals surface area (Å²) in [6, 6.07) is 9.66. The van der Waals surface area contributed by atoms with E-state index in [1.54, 1.807) is 19.1 Å². The molecule has 190 valence electrons. The maximum atomic E-state index is 13.8. The van der Waals surface area contributed by atoms with Crippen LogP contribution >= 0.6 is 11.6 Å². The van der Waals surface area contributed by atoms with Crippen molar-refractivity contribution < 1.29 is 31.1 Å². The summed E-state index contributed by atoms with van der Waals surface area (Å²) in [5.41, 5.74) is -2.51. The lowest BCUT2D eigenvalue weighted by molar-refractivity contribution is -0.182. The van der Waals surface area contributed by atoms with E-state index in [1.165, 1.54) is 24.3 Å². The molecule has 5 nitrogen and oxygen atoms in total. The number of hydrazone groups is 1. The van der Waals surface area contributed by atoms with E-state index in [1.807, 2.05) is 5.32 Å². The van der Waals surface area contributed by atoms with E-state index < -0.39 is 29.6 Å². The molecule has 35 heavy (non-hydrogen) atoms. The molecule has 12 heteroatoms. The fourth-order valence-electron chi connectivity index (χ4n) is 2.87. The fourth-order valence-corrected chi connectivity index (χ4v) is 2.99. The van der Waals surface area contributed by atoms with Crippen molar-refractivity contribution in [2.24, 2.45) is 10.1 Å². The number of rotatable bonds is 7. The zero-order valence-electron chi connectivity index (χ0n) is 19.1. The minimum Gasteiger partial charge on any atom is -0.338 e. The van der Waals surface area contributed by atoms with Crippen molar-refractivity contribution in [2.45, 2.75) is 45.1 Å². The molecule has 0 atom stereocenters. The summed E-state index contributed by atoms with van der Waals surface area (Å²) in [6.45, 7) is 6.20. The highest BCUT2D eigenvalue weighted by molar-refractivity contribution is 6.30. The molecule has 1 N–H and O–H groups in total. The number of nitrogens with one attached hydrogen (secondary N) is 1. The van der Waals surface area contributed by atoms with Crippen LogP contribution in [0.2, 0.25) is 5.02 Å². The maximum Gasteiger partial charge on any atom is 0.451 e. The zero-order chi connectivity index (χ0) is 26.6. The van der Waals surface area contributed by atoms with Gasteiger partial charge < -0.3 is 5.32 Å². The Hall–Kier alpha value is -3.08. The van der Waals surface area contributed by atoms with Gasteiger partial charge in [0, 0.05) is 23.8 Å². The van der Waals surface area contributed by atoms with E-state index in [0.717, 1.165) is 19.9 Å². The third-order valence-electron chi connectivity index (χ3n) is 4.82. The SMILES string of the molecule is C=NN(C(=NCCC)C(F)(F)F)c1cc(C(=O)NC(C)(C)C(F)(F)F)cc(-c2ccc(Cl)cc2)c1. The predicted molar refractivity (Wildman–Crippen MR) is 125 cm³/mol. The summed E-state index contributed by atoms with van der Waals surface area (Å²) in [5, 5.41) is 6.10. The largest absolute Gasteiger partial charge is 0.451 e. The zero-order valence-corrected chi connectivity index (χ0v) is 19.8. The minimum atomic E-state index is -4.92. The van der Waals surface area contributed by atoms with Gasteiger partial charge in [0.15, 0.2) is 0 Å². The molecule has 2 aromatic rings. The third kappa shape index (κ3) is 6.97. The first-order valence-corrected chi connectivity index (χ1v) is 10.7. The van der Waals surface area contributed by atoms with Crippen LogP contribution in [0.15, 0.2) is 52.6 Å². The number of hydrogen-bond acceptors (Lipinski definition) is 3. The molecule has 0 fully saturated rings. The van der Waals surface area contributed by atoms with Gasteiger partial charge in [0.1, 0.15) is 5.54 Å². The van der Waals surface area contributed by atoms with Gasteiger partial charge in [-0.05, 0) is 61.7 Å². The number of carbonyl (C=O) groups is 1. The number of anilines is 1. The highest BCUT2D eigenvalue weighted by atomic mass is 35.5. The van der Waals surface area contributed by atoms with Crippen LogP contribution in [0.25, 0.3) is 11.1 Å². The second-order valence-corrected chi connectivity index (χ2v) is 8.45. The van der Waals surface area contributed by atoms with Gasteiger partial charge in [-0.2, -0.15) is 31.4 Å². The average molecular weight is 521 g/mol. The second-order valence-electron chi connectivity index (χ2n) is 8.01. The molecule has 0 aromatic heterocycles. The van der Waals surface area contributed by atoms with Gasteiger partial charge in [-0.15, -0.1) is 0 Å². The van der Waals surface area contributed by atoms with Crippen molar-refractivity contribution in [2.75, 3.05) is 11.6 Å². The smallest absolute Gasteiger partial charge is 0.338 e. The lowest BCUT2D eigenvalue weighted by Crippen LogP contribution is -2.54. The summed E-state index contributed by atoms with van der Waals surface area (Å²) in [4.78, 5) is 16.4. The first-order chi connectivity index (χ1) is 16.1. The number of amides is 1. The van der Waals surface area contributed by atoms with Crippen LogP contribution < -0.4 is 10.3 Å². The molecule has 1 amide bonds. The Labute approximate surface area is 203 Å². The van der Waals surface area contributed by atoms with E-state index in [4.69, 9.17) is 11.6 Å². The summed E-state index contributed by atoms with van der Waals surface area (Å²) in [7, 11) is 0. The number of benzene rings is 2. The van der Waals surface area contributed by atoms with Gasteiger partial charge in [0.2, 0.25) is 5.84 Å². The topological polar surface area (TPSA) is 57.1 Å². The lowest BCUT2D eigenvalue weighted by Gasteiger charge is -2.29. The first-order valence-electron chi connectivity index (χ1n) is 10.3. The van der Waals surface area contributed by atoms with Crippen molar-refractivity contribution in [1.82, 2.24) is 5.32 Å². The minimum absolute atomic E-state index is 0.162. The molecule has 0 unspecified atom stereocenters. The molecule has 0 aliphatic heterocycles. The fraction of sp³-hybridized carbons (Fsp3) is 0.348. The Morgan fingerprint density at radius 2 is 1.63 bits per heavy atom. The highest BCUT2D eigenvalue weighted by Crippen LogP contribution is 2.33. The van der Waals surface area contributed by atoms with E-state index in [-0.39, 0.29) is 23.4 Å². The van der Waals surface area contributed by atoms with Gasteiger partial charge in [0.05, 0.1) is 5.69 Å². The van der Waals surface area contributed by atoms with Crippen molar-refractivity contribution in [3.63, 3.8) is 0 Å². The Balaban J connectivity index is 2.70. The number of hydrogen-bond donors (Lipinski definition) is 1. The van der Waals surface area contributed by atoms with E-state index in [9.17, 15) is 31.1 Å². The number of amidine groups is 1. The Morgan fingerprint density at radius 3 is 2.11 bits per heavy atom. The van der Waals surface area contributed by atoms with Crippen molar-refractivity contribution >= 4 is 35.7 Å². The quantitative estimate of drug-likeness (QED) is 0.187. The highest BCUT2D eigenvalue weighted by Gasteiger charge is 2.48. The monoisotopic (exact) mass is 520 g/mol. The summed E-state index contributed by atoms with van der Waals surface area (Å²) in [6.07, 6.45) is -9.38. The summed E-state index contributed by atoms with van der Waals surface area (Å²) < 4.78 is 81.2.